The Labute approximate surface area is 213 Å². The summed E-state index contributed by atoms with van der Waals surface area (Å²) in [6, 6.07) is 19.5. The van der Waals surface area contributed by atoms with Crippen LogP contribution in [0.25, 0.3) is 0 Å². The summed E-state index contributed by atoms with van der Waals surface area (Å²) in [5.74, 6) is -0.333. The van der Waals surface area contributed by atoms with Crippen molar-refractivity contribution in [3.8, 4) is 0 Å². The number of carbonyl (C=O) groups excluding carboxylic acids is 2. The van der Waals surface area contributed by atoms with Crippen LogP contribution < -0.4 is 5.73 Å². The number of methoxy groups -OCH3 is 1. The van der Waals surface area contributed by atoms with Gasteiger partial charge in [-0.3, -0.25) is 4.79 Å². The number of rotatable bonds is 13. The Morgan fingerprint density at radius 3 is 1.78 bits per heavy atom. The summed E-state index contributed by atoms with van der Waals surface area (Å²) in [4.78, 5) is 21.2. The third kappa shape index (κ3) is 15.1. The number of primary amides is 1. The summed E-state index contributed by atoms with van der Waals surface area (Å²) < 4.78 is 26.6. The van der Waals surface area contributed by atoms with Crippen molar-refractivity contribution in [1.82, 2.24) is 0 Å². The summed E-state index contributed by atoms with van der Waals surface area (Å²) in [5.41, 5.74) is 6.29. The lowest BCUT2D eigenvalue weighted by Crippen LogP contribution is -2.38. The normalized spacial score (nSPS) is 12.6. The summed E-state index contributed by atoms with van der Waals surface area (Å²) in [5, 5.41) is 9.82. The van der Waals surface area contributed by atoms with Crippen molar-refractivity contribution in [3.63, 3.8) is 0 Å². The molecule has 0 heterocycles. The smallest absolute Gasteiger partial charge is 0.405 e. The highest BCUT2D eigenvalue weighted by atomic mass is 16.6. The number of hydrogen-bond acceptors (Lipinski definition) is 8. The van der Waals surface area contributed by atoms with E-state index in [9.17, 15) is 14.7 Å². The molecule has 0 aliphatic heterocycles. The number of aliphatic hydroxyl groups is 1. The molecule has 3 N–H and O–H groups in total. The number of hydrogen-bond donors (Lipinski definition) is 2. The van der Waals surface area contributed by atoms with Crippen LogP contribution in [0.1, 0.15) is 38.3 Å². The number of esters is 1. The van der Waals surface area contributed by atoms with Crippen LogP contribution in [-0.4, -0.2) is 61.9 Å². The molecular weight excluding hydrogens is 466 g/mol. The molecule has 9 nitrogen and oxygen atoms in total. The van der Waals surface area contributed by atoms with Crippen LogP contribution >= 0.6 is 0 Å². The van der Waals surface area contributed by atoms with Crippen molar-refractivity contribution in [2.24, 2.45) is 5.73 Å². The van der Waals surface area contributed by atoms with E-state index >= 15 is 0 Å². The Morgan fingerprint density at radius 1 is 0.889 bits per heavy atom. The van der Waals surface area contributed by atoms with Crippen molar-refractivity contribution >= 4 is 12.1 Å². The number of aliphatic hydroxyl groups excluding tert-OH is 1. The van der Waals surface area contributed by atoms with Gasteiger partial charge in [0.15, 0.2) is 0 Å². The van der Waals surface area contributed by atoms with Gasteiger partial charge >= 0.3 is 12.1 Å². The van der Waals surface area contributed by atoms with Gasteiger partial charge in [0.2, 0.25) is 0 Å². The summed E-state index contributed by atoms with van der Waals surface area (Å²) in [6.07, 6.45) is -1.59. The van der Waals surface area contributed by atoms with Crippen LogP contribution in [0.4, 0.5) is 4.79 Å². The quantitative estimate of drug-likeness (QED) is 0.312. The largest absolute Gasteiger partial charge is 0.469 e. The molecule has 0 spiro atoms. The molecule has 2 aromatic rings. The lowest BCUT2D eigenvalue weighted by Gasteiger charge is -2.26. The van der Waals surface area contributed by atoms with E-state index in [4.69, 9.17) is 19.9 Å². The first-order chi connectivity index (χ1) is 17.1. The predicted molar refractivity (Wildman–Crippen MR) is 135 cm³/mol. The Balaban J connectivity index is 0.000000697. The average Bonchev–Trinajstić information content (AvgIpc) is 2.84. The van der Waals surface area contributed by atoms with E-state index in [1.807, 2.05) is 60.7 Å². The number of benzene rings is 2. The van der Waals surface area contributed by atoms with Crippen LogP contribution in [-0.2, 0) is 41.7 Å². The van der Waals surface area contributed by atoms with Crippen molar-refractivity contribution in [3.05, 3.63) is 71.8 Å². The minimum Gasteiger partial charge on any atom is -0.469 e. The van der Waals surface area contributed by atoms with Gasteiger partial charge in [-0.05, 0) is 31.9 Å². The minimum absolute atomic E-state index is 0.163. The maximum absolute atomic E-state index is 11.2. The second kappa shape index (κ2) is 17.4. The number of carbonyl (C=O) groups is 2. The molecule has 200 valence electrons. The number of ether oxygens (including phenoxy) is 5. The van der Waals surface area contributed by atoms with E-state index in [2.05, 4.69) is 9.47 Å². The van der Waals surface area contributed by atoms with Crippen LogP contribution in [0.2, 0.25) is 0 Å². The van der Waals surface area contributed by atoms with Gasteiger partial charge in [0, 0.05) is 0 Å². The van der Waals surface area contributed by atoms with Gasteiger partial charge in [-0.25, -0.2) is 4.79 Å². The van der Waals surface area contributed by atoms with Gasteiger partial charge in [-0.15, -0.1) is 0 Å². The standard InChI is InChI=1S/C22H28O6.C5H11NO2/c1-25-22(24)12-13-26-17-21(28-16-19-10-6-3-7-11-19)20(14-23)27-15-18-8-4-2-5-9-18;1-5(2,3)8-4(6)7/h2-11,20-21,23H,12-17H2,1H3;1-3H3,(H2,6,7)/t20-,21?;/m0./s1. The maximum Gasteiger partial charge on any atom is 0.405 e. The Morgan fingerprint density at radius 2 is 1.39 bits per heavy atom. The first-order valence-corrected chi connectivity index (χ1v) is 11.7. The van der Waals surface area contributed by atoms with Crippen LogP contribution in [0, 0.1) is 0 Å². The summed E-state index contributed by atoms with van der Waals surface area (Å²) >= 11 is 0. The fraction of sp³-hybridized carbons (Fsp3) is 0.481. The van der Waals surface area contributed by atoms with Crippen molar-refractivity contribution in [2.75, 3.05) is 26.9 Å². The van der Waals surface area contributed by atoms with E-state index in [1.165, 1.54) is 7.11 Å². The molecule has 2 rings (SSSR count). The molecule has 0 aliphatic rings. The van der Waals surface area contributed by atoms with Crippen LogP contribution in [0.15, 0.2) is 60.7 Å². The van der Waals surface area contributed by atoms with Gasteiger partial charge in [0.05, 0.1) is 46.6 Å². The molecule has 0 aliphatic carbocycles. The highest BCUT2D eigenvalue weighted by Gasteiger charge is 2.23. The van der Waals surface area contributed by atoms with E-state index < -0.39 is 23.9 Å². The van der Waals surface area contributed by atoms with Crippen molar-refractivity contribution < 1.29 is 38.4 Å². The second-order valence-corrected chi connectivity index (χ2v) is 8.79. The SMILES string of the molecule is CC(C)(C)OC(N)=O.COC(=O)CCOCC(OCc1ccccc1)[C@H](CO)OCc1ccccc1. The Hall–Kier alpha value is -2.98. The predicted octanol–water partition coefficient (Wildman–Crippen LogP) is 3.61. The molecule has 0 fully saturated rings. The van der Waals surface area contributed by atoms with E-state index in [0.717, 1.165) is 11.1 Å². The molecule has 0 saturated heterocycles. The molecule has 36 heavy (non-hydrogen) atoms. The van der Waals surface area contributed by atoms with Crippen LogP contribution in [0.5, 0.6) is 0 Å². The fourth-order valence-corrected chi connectivity index (χ4v) is 2.85. The molecule has 2 aromatic carbocycles. The first-order valence-electron chi connectivity index (χ1n) is 11.7. The fourth-order valence-electron chi connectivity index (χ4n) is 2.85. The molecule has 0 aromatic heterocycles. The highest BCUT2D eigenvalue weighted by Crippen LogP contribution is 2.13. The summed E-state index contributed by atoms with van der Waals surface area (Å²) in [6.45, 7) is 6.23. The summed E-state index contributed by atoms with van der Waals surface area (Å²) in [7, 11) is 1.34. The van der Waals surface area contributed by atoms with Gasteiger partial charge in [-0.2, -0.15) is 0 Å². The van der Waals surface area contributed by atoms with E-state index in [-0.39, 0.29) is 32.2 Å². The lowest BCUT2D eigenvalue weighted by atomic mass is 10.2. The zero-order valence-electron chi connectivity index (χ0n) is 21.6. The zero-order valence-corrected chi connectivity index (χ0v) is 21.6. The molecule has 0 radical (unpaired) electrons. The Bertz CT molecular complexity index is 855. The molecule has 1 unspecified atom stereocenters. The van der Waals surface area contributed by atoms with E-state index in [1.54, 1.807) is 20.8 Å². The molecule has 2 atom stereocenters. The first kappa shape index (κ1) is 31.1. The molecule has 1 amide bonds. The third-order valence-corrected chi connectivity index (χ3v) is 4.58. The maximum atomic E-state index is 11.2. The zero-order chi connectivity index (χ0) is 26.8. The van der Waals surface area contributed by atoms with Gasteiger partial charge in [0.25, 0.3) is 0 Å². The number of nitrogens with two attached hydrogens (primary N) is 1. The minimum atomic E-state index is -0.725. The topological polar surface area (TPSA) is 127 Å². The molecule has 0 bridgehead atoms. The van der Waals surface area contributed by atoms with Gasteiger partial charge in [-0.1, -0.05) is 60.7 Å². The monoisotopic (exact) mass is 505 g/mol. The van der Waals surface area contributed by atoms with Gasteiger partial charge < -0.3 is 34.5 Å². The molecular formula is C27H39NO8. The van der Waals surface area contributed by atoms with Gasteiger partial charge in [0.1, 0.15) is 17.8 Å². The van der Waals surface area contributed by atoms with Crippen LogP contribution in [0.3, 0.4) is 0 Å². The molecule has 9 heteroatoms. The second-order valence-electron chi connectivity index (χ2n) is 8.79. The van der Waals surface area contributed by atoms with Crippen molar-refractivity contribution in [1.29, 1.82) is 0 Å². The highest BCUT2D eigenvalue weighted by molar-refractivity contribution is 5.69. The lowest BCUT2D eigenvalue weighted by molar-refractivity contribution is -0.144. The van der Waals surface area contributed by atoms with Crippen molar-refractivity contribution in [2.45, 2.75) is 58.2 Å². The Kier molecular flexibility index (Phi) is 15.1. The van der Waals surface area contributed by atoms with E-state index in [0.29, 0.717) is 13.2 Å². The number of amides is 1. The average molecular weight is 506 g/mol. The third-order valence-electron chi connectivity index (χ3n) is 4.58. The molecule has 0 saturated carbocycles.